The molecule has 0 saturated heterocycles. The van der Waals surface area contributed by atoms with Gasteiger partial charge < -0.3 is 4.57 Å². The summed E-state index contributed by atoms with van der Waals surface area (Å²) < 4.78 is 88.3. The van der Waals surface area contributed by atoms with Gasteiger partial charge in [-0.1, -0.05) is 140 Å². The van der Waals surface area contributed by atoms with Crippen LogP contribution in [-0.4, -0.2) is 19.5 Å². The second kappa shape index (κ2) is 15.6. The molecule has 8 aromatic carbocycles. The molecular formula is C53H32F6N4. The van der Waals surface area contributed by atoms with Crippen LogP contribution in [0, 0.1) is 0 Å². The Bertz CT molecular complexity index is 3100. The van der Waals surface area contributed by atoms with Crippen LogP contribution in [0.2, 0.25) is 0 Å². The highest BCUT2D eigenvalue weighted by Crippen LogP contribution is 2.43. The molecule has 2 heterocycles. The van der Waals surface area contributed by atoms with Crippen LogP contribution in [0.25, 0.3) is 95.0 Å². The maximum Gasteiger partial charge on any atom is 0.416 e. The summed E-state index contributed by atoms with van der Waals surface area (Å²) in [5.74, 6) is 0.605. The summed E-state index contributed by atoms with van der Waals surface area (Å²) in [4.78, 5) is 14.6. The topological polar surface area (TPSA) is 43.6 Å². The van der Waals surface area contributed by atoms with Gasteiger partial charge in [0, 0.05) is 33.2 Å². The van der Waals surface area contributed by atoms with Crippen LogP contribution in [0.3, 0.4) is 0 Å². The largest absolute Gasteiger partial charge is 0.416 e. The maximum absolute atomic E-state index is 14.4. The summed E-state index contributed by atoms with van der Waals surface area (Å²) in [6.45, 7) is 0. The highest BCUT2D eigenvalue weighted by atomic mass is 19.4. The van der Waals surface area contributed by atoms with Gasteiger partial charge in [0.05, 0.1) is 22.2 Å². The molecule has 2 aromatic heterocycles. The monoisotopic (exact) mass is 838 g/mol. The van der Waals surface area contributed by atoms with Gasteiger partial charge in [-0.15, -0.1) is 0 Å². The molecular weight excluding hydrogens is 807 g/mol. The predicted octanol–water partition coefficient (Wildman–Crippen LogP) is 15.0. The smallest absolute Gasteiger partial charge is 0.309 e. The average molecular weight is 839 g/mol. The lowest BCUT2D eigenvalue weighted by Gasteiger charge is -2.18. The molecule has 0 fully saturated rings. The van der Waals surface area contributed by atoms with Gasteiger partial charge in [0.1, 0.15) is 0 Å². The molecule has 0 bridgehead atoms. The summed E-state index contributed by atoms with van der Waals surface area (Å²) in [5, 5.41) is 1.89. The zero-order valence-corrected chi connectivity index (χ0v) is 33.0. The van der Waals surface area contributed by atoms with Crippen molar-refractivity contribution in [3.8, 4) is 73.2 Å². The molecule has 0 spiro atoms. The number of fused-ring (bicyclic) bond motifs is 3. The van der Waals surface area contributed by atoms with Crippen molar-refractivity contribution in [1.29, 1.82) is 0 Å². The molecule has 0 saturated carbocycles. The Morgan fingerprint density at radius 1 is 0.317 bits per heavy atom. The number of hydrogen-bond donors (Lipinski definition) is 0. The van der Waals surface area contributed by atoms with Crippen molar-refractivity contribution in [1.82, 2.24) is 19.5 Å². The van der Waals surface area contributed by atoms with Gasteiger partial charge in [-0.25, -0.2) is 15.0 Å². The predicted molar refractivity (Wildman–Crippen MR) is 237 cm³/mol. The molecule has 63 heavy (non-hydrogen) atoms. The normalized spacial score (nSPS) is 12.0. The Balaban J connectivity index is 1.27. The molecule has 0 N–H and O–H groups in total. The lowest BCUT2D eigenvalue weighted by Crippen LogP contribution is -2.11. The highest BCUT2D eigenvalue weighted by molar-refractivity contribution is 6.11. The van der Waals surface area contributed by atoms with Gasteiger partial charge in [0.15, 0.2) is 17.5 Å². The first-order valence-corrected chi connectivity index (χ1v) is 20.0. The summed E-state index contributed by atoms with van der Waals surface area (Å²) >= 11 is 0. The lowest BCUT2D eigenvalue weighted by molar-refractivity contribution is -0.143. The Morgan fingerprint density at radius 2 is 0.730 bits per heavy atom. The number of halogens is 6. The first-order chi connectivity index (χ1) is 30.5. The van der Waals surface area contributed by atoms with Gasteiger partial charge in [0.25, 0.3) is 0 Å². The SMILES string of the molecule is FC(F)(F)c1cc(-c2ccc(-n3c4ccc(-c5ccccc5)cc4c4cc(-c5ccccc5)ccc43)cc2-c2nc(-c3ccccc3)nc(-c3ccccc3)n2)cc(C(F)(F)F)c1. The fourth-order valence-corrected chi connectivity index (χ4v) is 8.07. The Kier molecular flexibility index (Phi) is 9.71. The molecule has 0 aliphatic rings. The fraction of sp³-hybridized carbons (Fsp3) is 0.0377. The first-order valence-electron chi connectivity index (χ1n) is 20.0. The molecule has 0 radical (unpaired) electrons. The van der Waals surface area contributed by atoms with E-state index in [1.54, 1.807) is 18.2 Å². The average Bonchev–Trinajstić information content (AvgIpc) is 3.64. The van der Waals surface area contributed by atoms with Crippen molar-refractivity contribution in [3.63, 3.8) is 0 Å². The van der Waals surface area contributed by atoms with Gasteiger partial charge in [-0.05, 0) is 88.0 Å². The van der Waals surface area contributed by atoms with E-state index in [0.29, 0.717) is 16.8 Å². The molecule has 0 unspecified atom stereocenters. The number of benzene rings is 8. The van der Waals surface area contributed by atoms with Crippen LogP contribution in [0.4, 0.5) is 26.3 Å². The van der Waals surface area contributed by atoms with Gasteiger partial charge in [0.2, 0.25) is 0 Å². The van der Waals surface area contributed by atoms with E-state index in [4.69, 9.17) is 15.0 Å². The van der Waals surface area contributed by atoms with Crippen molar-refractivity contribution >= 4 is 21.8 Å². The summed E-state index contributed by atoms with van der Waals surface area (Å²) in [5.41, 5.74) is 4.69. The number of aromatic nitrogens is 4. The Labute approximate surface area is 357 Å². The Hall–Kier alpha value is -7.85. The zero-order valence-electron chi connectivity index (χ0n) is 33.0. The van der Waals surface area contributed by atoms with E-state index in [1.807, 2.05) is 150 Å². The van der Waals surface area contributed by atoms with Crippen molar-refractivity contribution < 1.29 is 26.3 Å². The van der Waals surface area contributed by atoms with E-state index in [9.17, 15) is 26.3 Å². The second-order valence-corrected chi connectivity index (χ2v) is 15.1. The van der Waals surface area contributed by atoms with E-state index in [0.717, 1.165) is 56.2 Å². The first kappa shape index (κ1) is 39.3. The quantitative estimate of drug-likeness (QED) is 0.150. The van der Waals surface area contributed by atoms with E-state index in [1.165, 1.54) is 0 Å². The molecule has 0 atom stereocenters. The van der Waals surface area contributed by atoms with E-state index < -0.39 is 23.5 Å². The minimum Gasteiger partial charge on any atom is -0.309 e. The van der Waals surface area contributed by atoms with Crippen molar-refractivity contribution in [3.05, 3.63) is 205 Å². The highest BCUT2D eigenvalue weighted by Gasteiger charge is 2.37. The molecule has 4 nitrogen and oxygen atoms in total. The number of nitrogens with zero attached hydrogens (tertiary/aromatic N) is 4. The van der Waals surface area contributed by atoms with Crippen molar-refractivity contribution in [2.75, 3.05) is 0 Å². The summed E-state index contributed by atoms with van der Waals surface area (Å²) in [6.07, 6.45) is -10.1. The molecule has 10 heteroatoms. The third-order valence-corrected chi connectivity index (χ3v) is 11.1. The van der Waals surface area contributed by atoms with Crippen LogP contribution < -0.4 is 0 Å². The van der Waals surface area contributed by atoms with Crippen LogP contribution in [0.5, 0.6) is 0 Å². The molecule has 10 aromatic rings. The maximum atomic E-state index is 14.4. The standard InChI is InChI=1S/C53H32F6N4/c54-52(55,56)40-27-39(28-41(31-40)53(57,58)59)43-24-23-42(32-46(43)51-61-49(35-17-9-3-10-18-35)60-50(62-51)36-19-11-4-12-20-36)63-47-25-21-37(33-13-5-1-6-14-33)29-44(47)45-30-38(22-26-48(45)63)34-15-7-2-8-16-34/h1-32H. The Morgan fingerprint density at radius 3 is 1.16 bits per heavy atom. The van der Waals surface area contributed by atoms with Crippen molar-refractivity contribution in [2.45, 2.75) is 12.4 Å². The third-order valence-electron chi connectivity index (χ3n) is 11.1. The summed E-state index contributed by atoms with van der Waals surface area (Å²) in [7, 11) is 0. The molecule has 0 aliphatic carbocycles. The third kappa shape index (κ3) is 7.61. The molecule has 10 rings (SSSR count). The van der Waals surface area contributed by atoms with E-state index in [-0.39, 0.29) is 40.2 Å². The number of alkyl halides is 6. The van der Waals surface area contributed by atoms with E-state index >= 15 is 0 Å². The molecule has 0 amide bonds. The van der Waals surface area contributed by atoms with Gasteiger partial charge >= 0.3 is 12.4 Å². The van der Waals surface area contributed by atoms with Gasteiger partial charge in [-0.3, -0.25) is 0 Å². The van der Waals surface area contributed by atoms with E-state index in [2.05, 4.69) is 12.1 Å². The summed E-state index contributed by atoms with van der Waals surface area (Å²) in [6, 6.07) is 57.3. The minimum atomic E-state index is -5.07. The van der Waals surface area contributed by atoms with Crippen molar-refractivity contribution in [2.24, 2.45) is 0 Å². The van der Waals surface area contributed by atoms with Crippen LogP contribution in [0.1, 0.15) is 11.1 Å². The van der Waals surface area contributed by atoms with Crippen LogP contribution >= 0.6 is 0 Å². The number of hydrogen-bond acceptors (Lipinski definition) is 3. The van der Waals surface area contributed by atoms with Crippen LogP contribution in [-0.2, 0) is 12.4 Å². The van der Waals surface area contributed by atoms with Gasteiger partial charge in [-0.2, -0.15) is 26.3 Å². The van der Waals surface area contributed by atoms with Crippen LogP contribution in [0.15, 0.2) is 194 Å². The minimum absolute atomic E-state index is 0.0593. The fourth-order valence-electron chi connectivity index (χ4n) is 8.07. The second-order valence-electron chi connectivity index (χ2n) is 15.1. The number of rotatable bonds is 7. The zero-order chi connectivity index (χ0) is 43.3. The molecule has 0 aliphatic heterocycles. The lowest BCUT2D eigenvalue weighted by atomic mass is 9.94. The molecule has 306 valence electrons.